The molecule has 0 bridgehead atoms. The van der Waals surface area contributed by atoms with Crippen LogP contribution in [0.25, 0.3) is 22.3 Å². The lowest BCUT2D eigenvalue weighted by Gasteiger charge is -2.07. The molecule has 1 aromatic heterocycles. The Bertz CT molecular complexity index is 1130. The zero-order valence-corrected chi connectivity index (χ0v) is 12.6. The number of nitro benzene ring substituents is 1. The van der Waals surface area contributed by atoms with E-state index in [1.165, 1.54) is 0 Å². The quantitative estimate of drug-likeness (QED) is 0.359. The van der Waals surface area contributed by atoms with E-state index in [1.54, 1.807) is 0 Å². The van der Waals surface area contributed by atoms with Crippen molar-refractivity contribution in [3.05, 3.63) is 60.8 Å². The molecule has 0 aliphatic carbocycles. The minimum Gasteiger partial charge on any atom is -0.504 e. The van der Waals surface area contributed by atoms with Crippen LogP contribution in [0.1, 0.15) is 0 Å². The minimum absolute atomic E-state index is 0.00615. The fraction of sp³-hybridized carbons (Fsp3) is 0. The monoisotopic (exact) mass is 360 g/mol. The number of phenols is 3. The third-order valence-electron chi connectivity index (χ3n) is 3.61. The second-order valence-electron chi connectivity index (χ2n) is 5.14. The second-order valence-corrected chi connectivity index (χ2v) is 5.14. The Morgan fingerprint density at radius 1 is 0.923 bits per heavy atom. The number of nitrogens with zero attached hydrogens (tertiary/aromatic N) is 2. The topological polar surface area (TPSA) is 177 Å². The molecule has 0 spiro atoms. The van der Waals surface area contributed by atoms with E-state index in [1.807, 2.05) is 0 Å². The van der Waals surface area contributed by atoms with Gasteiger partial charge in [0.2, 0.25) is 11.5 Å². The molecule has 0 amide bonds. The largest absolute Gasteiger partial charge is 0.504 e. The maximum absolute atomic E-state index is 12.5. The fourth-order valence-corrected chi connectivity index (χ4v) is 2.40. The molecule has 1 heterocycles. The molecule has 0 saturated carbocycles. The van der Waals surface area contributed by atoms with E-state index in [-0.39, 0.29) is 11.3 Å². The molecule has 132 valence electrons. The van der Waals surface area contributed by atoms with Gasteiger partial charge in [0, 0.05) is 23.8 Å². The number of hydrogen-bond donors (Lipinski definition) is 3. The number of rotatable bonds is 3. The van der Waals surface area contributed by atoms with Crippen molar-refractivity contribution in [2.24, 2.45) is 0 Å². The predicted molar refractivity (Wildman–Crippen MR) is 86.2 cm³/mol. The number of benzene rings is 2. The van der Waals surface area contributed by atoms with Gasteiger partial charge < -0.3 is 19.7 Å². The summed E-state index contributed by atoms with van der Waals surface area (Å²) in [4.78, 5) is 32.8. The standard InChI is InChI=1S/C15H8N2O9/c18-8-5-9-10(14(21)12(8)19)13(20)11(17(24)25)15(26-9)6-1-3-7(4-2-6)16(22)23/h1-5,18-19,21H. The highest BCUT2D eigenvalue weighted by Gasteiger charge is 2.29. The van der Waals surface area contributed by atoms with Crippen molar-refractivity contribution < 1.29 is 29.6 Å². The Kier molecular flexibility index (Phi) is 3.68. The molecule has 0 radical (unpaired) electrons. The molecule has 26 heavy (non-hydrogen) atoms. The van der Waals surface area contributed by atoms with Gasteiger partial charge in [-0.2, -0.15) is 0 Å². The van der Waals surface area contributed by atoms with Crippen LogP contribution in [0.2, 0.25) is 0 Å². The van der Waals surface area contributed by atoms with Crippen molar-refractivity contribution >= 4 is 22.3 Å². The summed E-state index contributed by atoms with van der Waals surface area (Å²) in [5.74, 6) is -3.41. The fourth-order valence-electron chi connectivity index (χ4n) is 2.40. The molecule has 11 heteroatoms. The second kappa shape index (κ2) is 5.73. The number of phenolic OH excluding ortho intramolecular Hbond substituents is 3. The van der Waals surface area contributed by atoms with Crippen molar-refractivity contribution in [1.82, 2.24) is 0 Å². The van der Waals surface area contributed by atoms with Gasteiger partial charge >= 0.3 is 5.69 Å². The summed E-state index contributed by atoms with van der Waals surface area (Å²) in [7, 11) is 0. The maximum atomic E-state index is 12.5. The van der Waals surface area contributed by atoms with Gasteiger partial charge in [-0.15, -0.1) is 0 Å². The van der Waals surface area contributed by atoms with E-state index in [4.69, 9.17) is 4.42 Å². The van der Waals surface area contributed by atoms with Crippen LogP contribution in [-0.4, -0.2) is 25.2 Å². The zero-order valence-electron chi connectivity index (χ0n) is 12.6. The Labute approximate surface area is 142 Å². The molecule has 3 aromatic rings. The minimum atomic E-state index is -1.25. The highest BCUT2D eigenvalue weighted by atomic mass is 16.6. The van der Waals surface area contributed by atoms with Gasteiger partial charge in [-0.25, -0.2) is 0 Å². The van der Waals surface area contributed by atoms with E-state index in [2.05, 4.69) is 0 Å². The number of hydrogen-bond acceptors (Lipinski definition) is 9. The summed E-state index contributed by atoms with van der Waals surface area (Å²) in [5.41, 5.74) is -2.99. The normalized spacial score (nSPS) is 10.8. The van der Waals surface area contributed by atoms with Gasteiger partial charge in [0.05, 0.1) is 9.85 Å². The van der Waals surface area contributed by atoms with Crippen molar-refractivity contribution in [1.29, 1.82) is 0 Å². The first-order chi connectivity index (χ1) is 12.2. The SMILES string of the molecule is O=c1c([N+](=O)[O-])c(-c2ccc([N+](=O)[O-])cc2)oc2cc(O)c(O)c(O)c12. The van der Waals surface area contributed by atoms with Gasteiger partial charge in [-0.05, 0) is 12.1 Å². The van der Waals surface area contributed by atoms with Gasteiger partial charge in [-0.3, -0.25) is 25.0 Å². The summed E-state index contributed by atoms with van der Waals surface area (Å²) in [6.45, 7) is 0. The van der Waals surface area contributed by atoms with Crippen LogP contribution < -0.4 is 5.43 Å². The molecule has 3 N–H and O–H groups in total. The molecule has 0 saturated heterocycles. The van der Waals surface area contributed by atoms with Crippen LogP contribution in [0, 0.1) is 20.2 Å². The van der Waals surface area contributed by atoms with Gasteiger partial charge in [0.25, 0.3) is 11.1 Å². The number of non-ortho nitro benzene ring substituents is 1. The van der Waals surface area contributed by atoms with E-state index < -0.39 is 54.9 Å². The first kappa shape index (κ1) is 16.7. The Balaban J connectivity index is 2.40. The Hall–Kier alpha value is -4.15. The van der Waals surface area contributed by atoms with E-state index >= 15 is 0 Å². The molecule has 3 rings (SSSR count). The number of fused-ring (bicyclic) bond motifs is 1. The van der Waals surface area contributed by atoms with Crippen molar-refractivity contribution in [2.45, 2.75) is 0 Å². The van der Waals surface area contributed by atoms with Crippen LogP contribution in [0.15, 0.2) is 39.5 Å². The smallest absolute Gasteiger partial charge is 0.359 e. The van der Waals surface area contributed by atoms with E-state index in [9.17, 15) is 40.3 Å². The third-order valence-corrected chi connectivity index (χ3v) is 3.61. The van der Waals surface area contributed by atoms with E-state index in [0.29, 0.717) is 0 Å². The first-order valence-electron chi connectivity index (χ1n) is 6.86. The third kappa shape index (κ3) is 2.43. The average molecular weight is 360 g/mol. The van der Waals surface area contributed by atoms with Crippen molar-refractivity contribution in [3.63, 3.8) is 0 Å². The average Bonchev–Trinajstić information content (AvgIpc) is 2.58. The highest BCUT2D eigenvalue weighted by molar-refractivity contribution is 5.92. The predicted octanol–water partition coefficient (Wildman–Crippen LogP) is 2.39. The summed E-state index contributed by atoms with van der Waals surface area (Å²) in [6, 6.07) is 5.24. The van der Waals surface area contributed by atoms with Gasteiger partial charge in [-0.1, -0.05) is 0 Å². The molecule has 0 fully saturated rings. The molecular formula is C15H8N2O9. The molecule has 11 nitrogen and oxygen atoms in total. The molecule has 0 atom stereocenters. The molecule has 0 aliphatic rings. The van der Waals surface area contributed by atoms with E-state index in [0.717, 1.165) is 30.3 Å². The Morgan fingerprint density at radius 2 is 1.54 bits per heavy atom. The van der Waals surface area contributed by atoms with Crippen LogP contribution in [0.5, 0.6) is 17.2 Å². The Morgan fingerprint density at radius 3 is 2.08 bits per heavy atom. The first-order valence-corrected chi connectivity index (χ1v) is 6.86. The molecule has 0 aliphatic heterocycles. The zero-order chi connectivity index (χ0) is 19.2. The molecular weight excluding hydrogens is 352 g/mol. The van der Waals surface area contributed by atoms with Crippen LogP contribution >= 0.6 is 0 Å². The van der Waals surface area contributed by atoms with Crippen molar-refractivity contribution in [3.8, 4) is 28.6 Å². The summed E-state index contributed by atoms with van der Waals surface area (Å²) in [6.07, 6.45) is 0. The lowest BCUT2D eigenvalue weighted by atomic mass is 10.1. The molecule has 0 unspecified atom stereocenters. The molecule has 2 aromatic carbocycles. The lowest BCUT2D eigenvalue weighted by Crippen LogP contribution is -2.10. The van der Waals surface area contributed by atoms with Crippen molar-refractivity contribution in [2.75, 3.05) is 0 Å². The maximum Gasteiger partial charge on any atom is 0.359 e. The number of nitro groups is 2. The summed E-state index contributed by atoms with van der Waals surface area (Å²) in [5, 5.41) is 50.2. The van der Waals surface area contributed by atoms with Crippen LogP contribution in [0.3, 0.4) is 0 Å². The lowest BCUT2D eigenvalue weighted by molar-refractivity contribution is -0.386. The van der Waals surface area contributed by atoms with Gasteiger partial charge in [0.15, 0.2) is 11.5 Å². The van der Waals surface area contributed by atoms with Crippen LogP contribution in [0.4, 0.5) is 11.4 Å². The highest BCUT2D eigenvalue weighted by Crippen LogP contribution is 2.42. The number of aromatic hydroxyl groups is 3. The summed E-state index contributed by atoms with van der Waals surface area (Å²) >= 11 is 0. The van der Waals surface area contributed by atoms with Crippen LogP contribution in [-0.2, 0) is 0 Å². The summed E-state index contributed by atoms with van der Waals surface area (Å²) < 4.78 is 5.30. The van der Waals surface area contributed by atoms with Gasteiger partial charge in [0.1, 0.15) is 11.0 Å².